The van der Waals surface area contributed by atoms with Crippen LogP contribution in [0.1, 0.15) is 36.5 Å². The van der Waals surface area contributed by atoms with E-state index in [-0.39, 0.29) is 18.2 Å². The van der Waals surface area contributed by atoms with Crippen LogP contribution in [-0.2, 0) is 4.79 Å². The summed E-state index contributed by atoms with van der Waals surface area (Å²) >= 11 is 8.13. The van der Waals surface area contributed by atoms with Crippen LogP contribution in [0.25, 0.3) is 0 Å². The number of carbonyl (C=O) groups excluding carboxylic acids is 1. The fraction of sp³-hybridized carbons (Fsp3) is 0.500. The van der Waals surface area contributed by atoms with E-state index < -0.39 is 5.97 Å². The first-order valence-electron chi connectivity index (χ1n) is 5.85. The summed E-state index contributed by atoms with van der Waals surface area (Å²) in [7, 11) is 0. The zero-order valence-electron chi connectivity index (χ0n) is 10.4. The van der Waals surface area contributed by atoms with Gasteiger partial charge in [-0.2, -0.15) is 0 Å². The summed E-state index contributed by atoms with van der Waals surface area (Å²) in [5.41, 5.74) is 0.620. The number of carboxylic acid groups (broad SMARTS) is 1. The average molecular weight is 413 g/mol. The molecule has 0 saturated heterocycles. The maximum absolute atomic E-state index is 11.9. The van der Waals surface area contributed by atoms with Crippen LogP contribution >= 0.6 is 43.2 Å². The number of carbonyl (C=O) groups is 2. The summed E-state index contributed by atoms with van der Waals surface area (Å²) in [5, 5.41) is 11.4. The van der Waals surface area contributed by atoms with E-state index in [1.807, 2.05) is 6.92 Å². The molecule has 1 unspecified atom stereocenters. The zero-order valence-corrected chi connectivity index (χ0v) is 14.4. The second-order valence-corrected chi connectivity index (χ2v) is 8.07. The maximum Gasteiger partial charge on any atom is 0.303 e. The highest BCUT2D eigenvalue weighted by Gasteiger charge is 2.13. The highest BCUT2D eigenvalue weighted by atomic mass is 79.9. The number of aliphatic carboxylic acids is 1. The molecular formula is C12H15Br2NO3S. The van der Waals surface area contributed by atoms with Gasteiger partial charge in [-0.05, 0) is 56.7 Å². The van der Waals surface area contributed by atoms with Crippen molar-refractivity contribution in [1.29, 1.82) is 0 Å². The lowest BCUT2D eigenvalue weighted by Gasteiger charge is -2.10. The van der Waals surface area contributed by atoms with Crippen LogP contribution in [0.2, 0.25) is 0 Å². The Hall–Kier alpha value is -0.400. The fourth-order valence-electron chi connectivity index (χ4n) is 1.54. The molecule has 4 nitrogen and oxygen atoms in total. The summed E-state index contributed by atoms with van der Waals surface area (Å²) in [6.45, 7) is 2.55. The van der Waals surface area contributed by atoms with Gasteiger partial charge in [0.2, 0.25) is 0 Å². The van der Waals surface area contributed by atoms with Crippen LogP contribution in [0.4, 0.5) is 0 Å². The molecule has 0 bridgehead atoms. The van der Waals surface area contributed by atoms with Crippen molar-refractivity contribution in [3.8, 4) is 0 Å². The van der Waals surface area contributed by atoms with Gasteiger partial charge in [-0.15, -0.1) is 11.3 Å². The minimum atomic E-state index is -0.775. The minimum Gasteiger partial charge on any atom is -0.481 e. The molecule has 7 heteroatoms. The second-order valence-electron chi connectivity index (χ2n) is 4.32. The molecule has 0 saturated carbocycles. The van der Waals surface area contributed by atoms with Crippen LogP contribution in [0.5, 0.6) is 0 Å². The topological polar surface area (TPSA) is 66.4 Å². The smallest absolute Gasteiger partial charge is 0.303 e. The van der Waals surface area contributed by atoms with E-state index in [0.717, 1.165) is 14.0 Å². The summed E-state index contributed by atoms with van der Waals surface area (Å²) in [6.07, 6.45) is 1.60. The lowest BCUT2D eigenvalue weighted by Crippen LogP contribution is -2.25. The van der Waals surface area contributed by atoms with Gasteiger partial charge in [0.1, 0.15) is 0 Å². The molecule has 0 fully saturated rings. The number of nitrogens with one attached hydrogen (secondary N) is 1. The van der Waals surface area contributed by atoms with Gasteiger partial charge in [-0.1, -0.05) is 6.92 Å². The van der Waals surface area contributed by atoms with E-state index in [4.69, 9.17) is 5.11 Å². The SMILES string of the molecule is CC(CCNC(=O)c1cc(Br)sc1Br)CCC(=O)O. The Morgan fingerprint density at radius 2 is 2.11 bits per heavy atom. The molecule has 0 aliphatic heterocycles. The third-order valence-corrected chi connectivity index (χ3v) is 5.01. The van der Waals surface area contributed by atoms with Gasteiger partial charge in [0, 0.05) is 13.0 Å². The summed E-state index contributed by atoms with van der Waals surface area (Å²) in [4.78, 5) is 22.3. The first kappa shape index (κ1) is 16.7. The van der Waals surface area contributed by atoms with Crippen LogP contribution in [0.3, 0.4) is 0 Å². The van der Waals surface area contributed by atoms with E-state index in [1.54, 1.807) is 6.07 Å². The number of hydrogen-bond acceptors (Lipinski definition) is 3. The molecule has 1 aromatic rings. The Kier molecular flexibility index (Phi) is 7.02. The molecule has 19 heavy (non-hydrogen) atoms. The van der Waals surface area contributed by atoms with Crippen molar-refractivity contribution < 1.29 is 14.7 Å². The highest BCUT2D eigenvalue weighted by molar-refractivity contribution is 9.12. The molecule has 0 radical (unpaired) electrons. The number of hydrogen-bond donors (Lipinski definition) is 2. The monoisotopic (exact) mass is 411 g/mol. The number of halogens is 2. The van der Waals surface area contributed by atoms with Crippen molar-refractivity contribution in [2.24, 2.45) is 5.92 Å². The fourth-order valence-corrected chi connectivity index (χ4v) is 4.33. The Morgan fingerprint density at radius 1 is 1.42 bits per heavy atom. The van der Waals surface area contributed by atoms with Crippen LogP contribution < -0.4 is 5.32 Å². The molecule has 0 aromatic carbocycles. The molecule has 0 aliphatic rings. The molecule has 1 heterocycles. The molecular weight excluding hydrogens is 398 g/mol. The van der Waals surface area contributed by atoms with E-state index in [2.05, 4.69) is 37.2 Å². The standard InChI is InChI=1S/C12H15Br2NO3S/c1-7(2-3-10(16)17)4-5-15-12(18)8-6-9(13)19-11(8)14/h6-7H,2-5H2,1H3,(H,15,18)(H,16,17). The van der Waals surface area contributed by atoms with Crippen molar-refractivity contribution >= 4 is 55.1 Å². The highest BCUT2D eigenvalue weighted by Crippen LogP contribution is 2.31. The lowest BCUT2D eigenvalue weighted by atomic mass is 10.0. The Bertz CT molecular complexity index is 462. The van der Waals surface area contributed by atoms with Crippen molar-refractivity contribution in [2.45, 2.75) is 26.2 Å². The Balaban J connectivity index is 2.31. The maximum atomic E-state index is 11.9. The van der Waals surface area contributed by atoms with E-state index in [9.17, 15) is 9.59 Å². The second kappa shape index (κ2) is 8.01. The summed E-state index contributed by atoms with van der Waals surface area (Å²) in [6, 6.07) is 1.78. The van der Waals surface area contributed by atoms with Crippen LogP contribution in [0, 0.1) is 5.92 Å². The average Bonchev–Trinajstić information content (AvgIpc) is 2.65. The molecule has 0 spiro atoms. The molecule has 0 aliphatic carbocycles. The summed E-state index contributed by atoms with van der Waals surface area (Å²) in [5.74, 6) is -0.601. The van der Waals surface area contributed by atoms with Gasteiger partial charge in [-0.25, -0.2) is 0 Å². The zero-order chi connectivity index (χ0) is 14.4. The first-order chi connectivity index (χ1) is 8.90. The predicted molar refractivity (Wildman–Crippen MR) is 82.7 cm³/mol. The molecule has 1 aromatic heterocycles. The van der Waals surface area contributed by atoms with Crippen molar-refractivity contribution in [3.05, 3.63) is 19.2 Å². The quantitative estimate of drug-likeness (QED) is 0.713. The van der Waals surface area contributed by atoms with Gasteiger partial charge < -0.3 is 10.4 Å². The third-order valence-electron chi connectivity index (χ3n) is 2.68. The van der Waals surface area contributed by atoms with Gasteiger partial charge in [0.05, 0.1) is 13.1 Å². The van der Waals surface area contributed by atoms with Crippen molar-refractivity contribution in [3.63, 3.8) is 0 Å². The Labute approximate surface area is 132 Å². The van der Waals surface area contributed by atoms with Gasteiger partial charge in [0.25, 0.3) is 5.91 Å². The van der Waals surface area contributed by atoms with Gasteiger partial charge in [0.15, 0.2) is 0 Å². The van der Waals surface area contributed by atoms with E-state index in [0.29, 0.717) is 18.5 Å². The molecule has 1 atom stereocenters. The van der Waals surface area contributed by atoms with E-state index >= 15 is 0 Å². The molecule has 2 N–H and O–H groups in total. The lowest BCUT2D eigenvalue weighted by molar-refractivity contribution is -0.137. The molecule has 1 amide bonds. The molecule has 106 valence electrons. The normalized spacial score (nSPS) is 12.2. The third kappa shape index (κ3) is 6.05. The number of amides is 1. The summed E-state index contributed by atoms with van der Waals surface area (Å²) < 4.78 is 1.70. The van der Waals surface area contributed by atoms with Gasteiger partial charge in [-0.3, -0.25) is 9.59 Å². The van der Waals surface area contributed by atoms with Gasteiger partial charge >= 0.3 is 5.97 Å². The number of rotatable bonds is 7. The van der Waals surface area contributed by atoms with Crippen LogP contribution in [-0.4, -0.2) is 23.5 Å². The number of carboxylic acids is 1. The Morgan fingerprint density at radius 3 is 2.63 bits per heavy atom. The minimum absolute atomic E-state index is 0.112. The number of thiophene rings is 1. The van der Waals surface area contributed by atoms with Crippen molar-refractivity contribution in [1.82, 2.24) is 5.32 Å². The van der Waals surface area contributed by atoms with Crippen molar-refractivity contribution in [2.75, 3.05) is 6.54 Å². The molecule has 1 rings (SSSR count). The van der Waals surface area contributed by atoms with E-state index in [1.165, 1.54) is 11.3 Å². The predicted octanol–water partition coefficient (Wildman–Crippen LogP) is 3.89. The first-order valence-corrected chi connectivity index (χ1v) is 8.25. The largest absolute Gasteiger partial charge is 0.481 e. The van der Waals surface area contributed by atoms with Crippen LogP contribution in [0.15, 0.2) is 13.6 Å².